The zero-order chi connectivity index (χ0) is 17.5. The average molecular weight is 339 g/mol. The summed E-state index contributed by atoms with van der Waals surface area (Å²) >= 11 is 0. The molecule has 2 aromatic rings. The Morgan fingerprint density at radius 1 is 1.16 bits per heavy atom. The van der Waals surface area contributed by atoms with Gasteiger partial charge in [0.1, 0.15) is 0 Å². The van der Waals surface area contributed by atoms with Crippen molar-refractivity contribution in [2.24, 2.45) is 0 Å². The largest absolute Gasteiger partial charge is 0.383 e. The predicted molar refractivity (Wildman–Crippen MR) is 99.7 cm³/mol. The van der Waals surface area contributed by atoms with E-state index in [1.807, 2.05) is 30.3 Å². The predicted octanol–water partition coefficient (Wildman–Crippen LogP) is 3.23. The first-order chi connectivity index (χ1) is 12.3. The number of carbonyl (C=O) groups is 1. The molecule has 3 N–H and O–H groups in total. The van der Waals surface area contributed by atoms with E-state index in [9.17, 15) is 4.79 Å². The van der Waals surface area contributed by atoms with Gasteiger partial charge in [-0.2, -0.15) is 0 Å². The van der Waals surface area contributed by atoms with Crippen LogP contribution < -0.4 is 16.0 Å². The van der Waals surface area contributed by atoms with Gasteiger partial charge in [0.05, 0.1) is 12.6 Å². The number of anilines is 1. The average Bonchev–Trinajstić information content (AvgIpc) is 3.04. The van der Waals surface area contributed by atoms with Gasteiger partial charge in [-0.3, -0.25) is 0 Å². The number of para-hydroxylation sites is 1. The Morgan fingerprint density at radius 2 is 1.96 bits per heavy atom. The number of aryl methyl sites for hydroxylation is 1. The van der Waals surface area contributed by atoms with Crippen molar-refractivity contribution >= 4 is 11.7 Å². The molecule has 0 heterocycles. The van der Waals surface area contributed by atoms with Crippen LogP contribution in [-0.2, 0) is 17.7 Å². The summed E-state index contributed by atoms with van der Waals surface area (Å²) in [6.45, 7) is 1.86. The first-order valence-electron chi connectivity index (χ1n) is 8.71. The molecule has 25 heavy (non-hydrogen) atoms. The highest BCUT2D eigenvalue weighted by Crippen LogP contribution is 2.30. The van der Waals surface area contributed by atoms with E-state index in [-0.39, 0.29) is 12.1 Å². The van der Waals surface area contributed by atoms with Crippen LogP contribution in [0.3, 0.4) is 0 Å². The van der Waals surface area contributed by atoms with Crippen LogP contribution in [0, 0.1) is 0 Å². The van der Waals surface area contributed by atoms with E-state index in [1.165, 1.54) is 11.1 Å². The van der Waals surface area contributed by atoms with Crippen molar-refractivity contribution < 1.29 is 9.53 Å². The summed E-state index contributed by atoms with van der Waals surface area (Å²) in [5, 5.41) is 9.38. The van der Waals surface area contributed by atoms with Gasteiger partial charge in [-0.15, -0.1) is 0 Å². The fourth-order valence-corrected chi connectivity index (χ4v) is 3.23. The molecule has 3 rings (SSSR count). The molecule has 0 fully saturated rings. The highest BCUT2D eigenvalue weighted by atomic mass is 16.5. The molecule has 2 amide bonds. The van der Waals surface area contributed by atoms with Crippen molar-refractivity contribution in [3.05, 3.63) is 65.2 Å². The van der Waals surface area contributed by atoms with E-state index in [1.54, 1.807) is 7.11 Å². The molecule has 0 bridgehead atoms. The minimum Gasteiger partial charge on any atom is -0.383 e. The van der Waals surface area contributed by atoms with E-state index in [2.05, 4.69) is 34.1 Å². The van der Waals surface area contributed by atoms with Gasteiger partial charge in [-0.25, -0.2) is 4.79 Å². The summed E-state index contributed by atoms with van der Waals surface area (Å²) in [6.07, 6.45) is 1.98. The SMILES string of the molecule is COCCNc1ccccc1CNC(=O)N[C@H]1CCc2ccccc21. The summed E-state index contributed by atoms with van der Waals surface area (Å²) in [5.74, 6) is 0. The Hall–Kier alpha value is -2.53. The van der Waals surface area contributed by atoms with Gasteiger partial charge in [-0.05, 0) is 35.6 Å². The third-order valence-corrected chi connectivity index (χ3v) is 4.52. The quantitative estimate of drug-likeness (QED) is 0.679. The first-order valence-corrected chi connectivity index (χ1v) is 8.71. The number of methoxy groups -OCH3 is 1. The lowest BCUT2D eigenvalue weighted by Crippen LogP contribution is -2.37. The molecule has 0 saturated carbocycles. The molecule has 0 unspecified atom stereocenters. The van der Waals surface area contributed by atoms with E-state index >= 15 is 0 Å². The lowest BCUT2D eigenvalue weighted by atomic mass is 10.1. The van der Waals surface area contributed by atoms with Crippen molar-refractivity contribution in [1.82, 2.24) is 10.6 Å². The van der Waals surface area contributed by atoms with Crippen LogP contribution in [0.5, 0.6) is 0 Å². The Bertz CT molecular complexity index is 718. The number of nitrogens with one attached hydrogen (secondary N) is 3. The number of amides is 2. The number of urea groups is 1. The molecule has 0 spiro atoms. The molecule has 1 aliphatic rings. The van der Waals surface area contributed by atoms with Gasteiger partial charge in [0.15, 0.2) is 0 Å². The van der Waals surface area contributed by atoms with Crippen LogP contribution in [0.1, 0.15) is 29.2 Å². The molecule has 0 aromatic heterocycles. The van der Waals surface area contributed by atoms with Crippen LogP contribution in [0.25, 0.3) is 0 Å². The van der Waals surface area contributed by atoms with Gasteiger partial charge in [0.2, 0.25) is 0 Å². The zero-order valence-electron chi connectivity index (χ0n) is 14.5. The Labute approximate surface area is 148 Å². The summed E-state index contributed by atoms with van der Waals surface area (Å²) in [4.78, 5) is 12.3. The molecular weight excluding hydrogens is 314 g/mol. The second-order valence-electron chi connectivity index (χ2n) is 6.19. The molecule has 0 radical (unpaired) electrons. The zero-order valence-corrected chi connectivity index (χ0v) is 14.5. The van der Waals surface area contributed by atoms with Crippen LogP contribution in [0.4, 0.5) is 10.5 Å². The molecule has 0 saturated heterocycles. The minimum atomic E-state index is -0.131. The van der Waals surface area contributed by atoms with Gasteiger partial charge in [0.25, 0.3) is 0 Å². The maximum absolute atomic E-state index is 12.3. The number of ether oxygens (including phenoxy) is 1. The minimum absolute atomic E-state index is 0.103. The molecule has 0 aliphatic heterocycles. The van der Waals surface area contributed by atoms with Crippen molar-refractivity contribution in [1.29, 1.82) is 0 Å². The topological polar surface area (TPSA) is 62.4 Å². The van der Waals surface area contributed by atoms with Crippen molar-refractivity contribution in [3.63, 3.8) is 0 Å². The van der Waals surface area contributed by atoms with E-state index < -0.39 is 0 Å². The molecule has 5 nitrogen and oxygen atoms in total. The highest BCUT2D eigenvalue weighted by Gasteiger charge is 2.23. The standard InChI is InChI=1S/C20H25N3O2/c1-25-13-12-21-18-9-5-3-7-16(18)14-22-20(24)23-19-11-10-15-6-2-4-8-17(15)19/h2-9,19,21H,10-14H2,1H3,(H2,22,23,24)/t19-/m0/s1. The third kappa shape index (κ3) is 4.51. The third-order valence-electron chi connectivity index (χ3n) is 4.52. The number of hydrogen-bond donors (Lipinski definition) is 3. The summed E-state index contributed by atoms with van der Waals surface area (Å²) in [6, 6.07) is 16.3. The normalized spacial score (nSPS) is 15.5. The lowest BCUT2D eigenvalue weighted by molar-refractivity contribution is 0.210. The molecule has 1 aliphatic carbocycles. The van der Waals surface area contributed by atoms with E-state index in [0.717, 1.165) is 30.6 Å². The fourth-order valence-electron chi connectivity index (χ4n) is 3.23. The van der Waals surface area contributed by atoms with Gasteiger partial charge >= 0.3 is 6.03 Å². The van der Waals surface area contributed by atoms with Gasteiger partial charge in [0, 0.05) is 25.9 Å². The summed E-state index contributed by atoms with van der Waals surface area (Å²) in [7, 11) is 1.68. The number of rotatable bonds is 7. The summed E-state index contributed by atoms with van der Waals surface area (Å²) in [5.41, 5.74) is 4.64. The molecule has 2 aromatic carbocycles. The fraction of sp³-hybridized carbons (Fsp3) is 0.350. The van der Waals surface area contributed by atoms with Crippen LogP contribution >= 0.6 is 0 Å². The second kappa shape index (κ2) is 8.53. The van der Waals surface area contributed by atoms with Gasteiger partial charge < -0.3 is 20.7 Å². The van der Waals surface area contributed by atoms with Crippen LogP contribution in [0.15, 0.2) is 48.5 Å². The molecular formula is C20H25N3O2. The number of hydrogen-bond acceptors (Lipinski definition) is 3. The maximum atomic E-state index is 12.3. The smallest absolute Gasteiger partial charge is 0.315 e. The van der Waals surface area contributed by atoms with Crippen molar-refractivity contribution in [2.45, 2.75) is 25.4 Å². The Balaban J connectivity index is 1.53. The summed E-state index contributed by atoms with van der Waals surface area (Å²) < 4.78 is 5.06. The molecule has 1 atom stereocenters. The monoisotopic (exact) mass is 339 g/mol. The molecule has 5 heteroatoms. The number of fused-ring (bicyclic) bond motifs is 1. The first kappa shape index (κ1) is 17.3. The maximum Gasteiger partial charge on any atom is 0.315 e. The van der Waals surface area contributed by atoms with Gasteiger partial charge in [-0.1, -0.05) is 42.5 Å². The second-order valence-corrected chi connectivity index (χ2v) is 6.19. The van der Waals surface area contributed by atoms with Crippen LogP contribution in [-0.4, -0.2) is 26.3 Å². The van der Waals surface area contributed by atoms with Crippen molar-refractivity contribution in [3.8, 4) is 0 Å². The van der Waals surface area contributed by atoms with Crippen LogP contribution in [0.2, 0.25) is 0 Å². The number of benzene rings is 2. The number of carbonyl (C=O) groups excluding carboxylic acids is 1. The lowest BCUT2D eigenvalue weighted by Gasteiger charge is -2.16. The van der Waals surface area contributed by atoms with E-state index in [0.29, 0.717) is 13.2 Å². The molecule has 132 valence electrons. The highest BCUT2D eigenvalue weighted by molar-refractivity contribution is 5.75. The van der Waals surface area contributed by atoms with E-state index in [4.69, 9.17) is 4.74 Å². The Morgan fingerprint density at radius 3 is 2.84 bits per heavy atom. The Kier molecular flexibility index (Phi) is 5.90. The van der Waals surface area contributed by atoms with Crippen molar-refractivity contribution in [2.75, 3.05) is 25.6 Å².